The molecule has 1 atom stereocenters. The number of ketones is 1. The predicted molar refractivity (Wildman–Crippen MR) is 120 cm³/mol. The van der Waals surface area contributed by atoms with Crippen LogP contribution in [0, 0.1) is 16.7 Å². The van der Waals surface area contributed by atoms with Crippen molar-refractivity contribution in [1.82, 2.24) is 15.4 Å². The number of nitrogens with zero attached hydrogens (tertiary/aromatic N) is 3. The zero-order valence-corrected chi connectivity index (χ0v) is 18.5. The number of aromatic nitrogens is 1. The van der Waals surface area contributed by atoms with Crippen LogP contribution in [0.5, 0.6) is 0 Å². The minimum absolute atomic E-state index is 0.0430. The molecule has 1 unspecified atom stereocenters. The number of amides is 1. The first-order valence-electron chi connectivity index (χ1n) is 10.2. The minimum atomic E-state index is -0.588. The van der Waals surface area contributed by atoms with Crippen LogP contribution < -0.4 is 11.2 Å². The van der Waals surface area contributed by atoms with Gasteiger partial charge in [-0.1, -0.05) is 55.8 Å². The second kappa shape index (κ2) is 8.13. The lowest BCUT2D eigenvalue weighted by atomic mass is 9.69. The van der Waals surface area contributed by atoms with Gasteiger partial charge in [-0.3, -0.25) is 15.0 Å². The Labute approximate surface area is 191 Å². The SMILES string of the molecule is CC1(C)CC(=O)C2=C(C1)N(NC(=O)c1cccnc1Cl)C(N)=C(C#N)C2c1ccccc1. The number of pyridine rings is 1. The summed E-state index contributed by atoms with van der Waals surface area (Å²) in [6.45, 7) is 3.98. The van der Waals surface area contributed by atoms with Crippen LogP contribution in [0.1, 0.15) is 48.5 Å². The fourth-order valence-corrected chi connectivity index (χ4v) is 4.54. The van der Waals surface area contributed by atoms with Crippen molar-refractivity contribution in [3.05, 3.63) is 87.6 Å². The average molecular weight is 448 g/mol. The first kappa shape index (κ1) is 21.6. The Morgan fingerprint density at radius 3 is 2.62 bits per heavy atom. The van der Waals surface area contributed by atoms with Crippen molar-refractivity contribution in [2.45, 2.75) is 32.6 Å². The fourth-order valence-electron chi connectivity index (χ4n) is 4.33. The van der Waals surface area contributed by atoms with Crippen LogP contribution in [0.3, 0.4) is 0 Å². The number of Topliss-reactive ketones (excluding diaryl/α,β-unsaturated/α-hetero) is 1. The lowest BCUT2D eigenvalue weighted by Crippen LogP contribution is -2.50. The quantitative estimate of drug-likeness (QED) is 0.692. The number of rotatable bonds is 3. The number of benzene rings is 1. The monoisotopic (exact) mass is 447 g/mol. The molecule has 1 aromatic carbocycles. The first-order chi connectivity index (χ1) is 15.2. The molecular weight excluding hydrogens is 426 g/mol. The van der Waals surface area contributed by atoms with Gasteiger partial charge in [-0.2, -0.15) is 5.26 Å². The van der Waals surface area contributed by atoms with Gasteiger partial charge >= 0.3 is 0 Å². The molecule has 2 aromatic rings. The Bertz CT molecular complexity index is 1210. The summed E-state index contributed by atoms with van der Waals surface area (Å²) in [5.74, 6) is -1.11. The van der Waals surface area contributed by atoms with Gasteiger partial charge in [-0.25, -0.2) is 9.99 Å². The molecule has 7 nitrogen and oxygen atoms in total. The maximum absolute atomic E-state index is 13.4. The van der Waals surface area contributed by atoms with Gasteiger partial charge in [0.2, 0.25) is 0 Å². The van der Waals surface area contributed by atoms with Crippen LogP contribution in [0.25, 0.3) is 0 Å². The van der Waals surface area contributed by atoms with Gasteiger partial charge in [0.15, 0.2) is 5.78 Å². The molecule has 1 amide bonds. The van der Waals surface area contributed by atoms with Crippen molar-refractivity contribution in [1.29, 1.82) is 5.26 Å². The number of carbonyl (C=O) groups excluding carboxylic acids is 2. The second-order valence-electron chi connectivity index (χ2n) is 8.67. The van der Waals surface area contributed by atoms with Crippen molar-refractivity contribution in [2.75, 3.05) is 0 Å². The molecule has 0 fully saturated rings. The number of nitriles is 1. The molecule has 3 N–H and O–H groups in total. The van der Waals surface area contributed by atoms with Crippen molar-refractivity contribution in [3.63, 3.8) is 0 Å². The number of allylic oxidation sites excluding steroid dienone is 3. The lowest BCUT2D eigenvalue weighted by Gasteiger charge is -2.43. The van der Waals surface area contributed by atoms with Crippen molar-refractivity contribution in [3.8, 4) is 6.07 Å². The highest BCUT2D eigenvalue weighted by Gasteiger charge is 2.44. The lowest BCUT2D eigenvalue weighted by molar-refractivity contribution is -0.118. The highest BCUT2D eigenvalue weighted by molar-refractivity contribution is 6.32. The Morgan fingerprint density at radius 2 is 1.97 bits per heavy atom. The van der Waals surface area contributed by atoms with Crippen molar-refractivity contribution >= 4 is 23.3 Å². The van der Waals surface area contributed by atoms with Crippen LogP contribution in [0.15, 0.2) is 71.3 Å². The number of carbonyl (C=O) groups is 2. The van der Waals surface area contributed by atoms with E-state index in [1.807, 2.05) is 44.2 Å². The second-order valence-corrected chi connectivity index (χ2v) is 9.03. The van der Waals surface area contributed by atoms with Crippen molar-refractivity contribution < 1.29 is 9.59 Å². The van der Waals surface area contributed by atoms with Gasteiger partial charge in [0.1, 0.15) is 11.0 Å². The molecule has 32 heavy (non-hydrogen) atoms. The molecule has 8 heteroatoms. The molecule has 0 bridgehead atoms. The summed E-state index contributed by atoms with van der Waals surface area (Å²) >= 11 is 6.09. The molecule has 0 saturated carbocycles. The van der Waals surface area contributed by atoms with E-state index in [9.17, 15) is 14.9 Å². The Morgan fingerprint density at radius 1 is 1.25 bits per heavy atom. The molecule has 2 aliphatic rings. The highest BCUT2D eigenvalue weighted by atomic mass is 35.5. The standard InChI is InChI=1S/C24H22ClN5O2/c1-24(2)11-17-20(18(31)12-24)19(14-7-4-3-5-8-14)16(13-26)22(27)30(17)29-23(32)15-9-6-10-28-21(15)25/h3-10,19H,11-12,27H2,1-2H3,(H,29,32). The average Bonchev–Trinajstić information content (AvgIpc) is 2.75. The van der Waals surface area contributed by atoms with Gasteiger partial charge in [-0.15, -0.1) is 0 Å². The molecule has 0 radical (unpaired) electrons. The van der Waals surface area contributed by atoms with E-state index in [-0.39, 0.29) is 33.3 Å². The summed E-state index contributed by atoms with van der Waals surface area (Å²) < 4.78 is 0. The third-order valence-electron chi connectivity index (χ3n) is 5.73. The third kappa shape index (κ3) is 3.74. The van der Waals surface area contributed by atoms with E-state index in [1.165, 1.54) is 17.3 Å². The zero-order chi connectivity index (χ0) is 23.0. The topological polar surface area (TPSA) is 112 Å². The van der Waals surface area contributed by atoms with Gasteiger partial charge in [0, 0.05) is 18.2 Å². The number of nitrogens with two attached hydrogens (primary N) is 1. The number of hydrogen-bond acceptors (Lipinski definition) is 6. The maximum atomic E-state index is 13.4. The molecule has 4 rings (SSSR count). The Balaban J connectivity index is 1.86. The number of halogens is 1. The Hall–Kier alpha value is -3.63. The number of hydrogen-bond donors (Lipinski definition) is 2. The van der Waals surface area contributed by atoms with Gasteiger partial charge in [0.25, 0.3) is 5.91 Å². The maximum Gasteiger partial charge on any atom is 0.273 e. The molecule has 1 aliphatic carbocycles. The van der Waals surface area contributed by atoms with Crippen LogP contribution in [0.4, 0.5) is 0 Å². The van der Waals surface area contributed by atoms with Crippen LogP contribution >= 0.6 is 11.6 Å². The first-order valence-corrected chi connectivity index (χ1v) is 10.5. The number of nitrogens with one attached hydrogen (secondary N) is 1. The summed E-state index contributed by atoms with van der Waals surface area (Å²) in [7, 11) is 0. The molecule has 0 saturated heterocycles. The largest absolute Gasteiger partial charge is 0.383 e. The highest BCUT2D eigenvalue weighted by Crippen LogP contribution is 2.48. The van der Waals surface area contributed by atoms with E-state index in [1.54, 1.807) is 6.07 Å². The van der Waals surface area contributed by atoms with Gasteiger partial charge < -0.3 is 5.73 Å². The summed E-state index contributed by atoms with van der Waals surface area (Å²) in [6, 6.07) is 14.6. The molecule has 1 aromatic heterocycles. The fraction of sp³-hybridized carbons (Fsp3) is 0.250. The molecule has 0 spiro atoms. The zero-order valence-electron chi connectivity index (χ0n) is 17.7. The summed E-state index contributed by atoms with van der Waals surface area (Å²) in [5, 5.41) is 11.4. The van der Waals surface area contributed by atoms with Gasteiger partial charge in [-0.05, 0) is 29.5 Å². The van der Waals surface area contributed by atoms with Gasteiger partial charge in [0.05, 0.1) is 28.8 Å². The summed E-state index contributed by atoms with van der Waals surface area (Å²) in [6.07, 6.45) is 2.32. The minimum Gasteiger partial charge on any atom is -0.383 e. The normalized spacial score (nSPS) is 20.0. The molecule has 162 valence electrons. The Kier molecular flexibility index (Phi) is 5.49. The van der Waals surface area contributed by atoms with E-state index in [0.717, 1.165) is 5.56 Å². The van der Waals surface area contributed by atoms with Crippen LogP contribution in [-0.4, -0.2) is 21.7 Å². The predicted octanol–water partition coefficient (Wildman–Crippen LogP) is 3.82. The smallest absolute Gasteiger partial charge is 0.273 e. The molecule has 2 heterocycles. The third-order valence-corrected chi connectivity index (χ3v) is 6.03. The van der Waals surface area contributed by atoms with E-state index < -0.39 is 11.8 Å². The number of hydrazine groups is 1. The molecule has 1 aliphatic heterocycles. The van der Waals surface area contributed by atoms with Crippen LogP contribution in [-0.2, 0) is 4.79 Å². The van der Waals surface area contributed by atoms with E-state index in [2.05, 4.69) is 16.5 Å². The van der Waals surface area contributed by atoms with E-state index in [4.69, 9.17) is 17.3 Å². The van der Waals surface area contributed by atoms with Crippen LogP contribution in [0.2, 0.25) is 5.15 Å². The summed E-state index contributed by atoms with van der Waals surface area (Å²) in [5.41, 5.74) is 11.1. The summed E-state index contributed by atoms with van der Waals surface area (Å²) in [4.78, 5) is 30.3. The van der Waals surface area contributed by atoms with E-state index in [0.29, 0.717) is 24.1 Å². The molecular formula is C24H22ClN5O2. The van der Waals surface area contributed by atoms with E-state index >= 15 is 0 Å². The van der Waals surface area contributed by atoms with Crippen molar-refractivity contribution in [2.24, 2.45) is 11.1 Å².